The third-order valence-corrected chi connectivity index (χ3v) is 4.91. The Hall–Kier alpha value is -2.90. The lowest BCUT2D eigenvalue weighted by molar-refractivity contribution is -0.140. The summed E-state index contributed by atoms with van der Waals surface area (Å²) in [4.78, 5) is 30.9. The number of aliphatic hydroxyl groups is 1. The van der Waals surface area contributed by atoms with E-state index < -0.39 is 17.7 Å². The standard InChI is InChI=1S/C21H21ClN2O5/c1-3-29-16-12-14(4-5-15(16)22)19(25)17-18(13-6-8-23-9-7-13)24(10-11-28-2)21(27)20(17)26/h4-9,12,18,25H,3,10-11H2,1-2H3/b19-17-. The van der Waals surface area contributed by atoms with Crippen LogP contribution in [0.25, 0.3) is 5.76 Å². The lowest BCUT2D eigenvalue weighted by atomic mass is 9.96. The van der Waals surface area contributed by atoms with Crippen molar-refractivity contribution in [3.63, 3.8) is 0 Å². The minimum Gasteiger partial charge on any atom is -0.507 e. The Morgan fingerprint density at radius 1 is 1.24 bits per heavy atom. The molecule has 1 aliphatic rings. The third-order valence-electron chi connectivity index (χ3n) is 4.60. The average Bonchev–Trinajstić information content (AvgIpc) is 2.98. The van der Waals surface area contributed by atoms with Crippen LogP contribution in [-0.4, -0.2) is 53.5 Å². The maximum atomic E-state index is 12.8. The molecule has 0 radical (unpaired) electrons. The molecule has 7 nitrogen and oxygen atoms in total. The molecule has 1 amide bonds. The fourth-order valence-electron chi connectivity index (χ4n) is 3.26. The summed E-state index contributed by atoms with van der Waals surface area (Å²) >= 11 is 6.12. The molecule has 152 valence electrons. The molecule has 1 aromatic carbocycles. The average molecular weight is 417 g/mol. The quantitative estimate of drug-likeness (QED) is 0.423. The van der Waals surface area contributed by atoms with Crippen LogP contribution in [0.4, 0.5) is 0 Å². The van der Waals surface area contributed by atoms with E-state index in [0.29, 0.717) is 28.5 Å². The fraction of sp³-hybridized carbons (Fsp3) is 0.286. The molecule has 1 atom stereocenters. The number of benzene rings is 1. The Bertz CT molecular complexity index is 945. The number of halogens is 1. The molecule has 0 spiro atoms. The number of pyridine rings is 1. The Kier molecular flexibility index (Phi) is 6.51. The van der Waals surface area contributed by atoms with Gasteiger partial charge < -0.3 is 19.5 Å². The molecule has 2 heterocycles. The van der Waals surface area contributed by atoms with Crippen molar-refractivity contribution in [3.8, 4) is 5.75 Å². The van der Waals surface area contributed by atoms with E-state index >= 15 is 0 Å². The van der Waals surface area contributed by atoms with E-state index in [1.54, 1.807) is 42.7 Å². The smallest absolute Gasteiger partial charge is 0.295 e. The Morgan fingerprint density at radius 3 is 2.62 bits per heavy atom. The topological polar surface area (TPSA) is 89.0 Å². The van der Waals surface area contributed by atoms with Crippen LogP contribution >= 0.6 is 11.6 Å². The molecule has 1 fully saturated rings. The van der Waals surface area contributed by atoms with E-state index in [2.05, 4.69) is 4.98 Å². The largest absolute Gasteiger partial charge is 0.507 e. The fourth-order valence-corrected chi connectivity index (χ4v) is 3.44. The van der Waals surface area contributed by atoms with Gasteiger partial charge in [0.25, 0.3) is 11.7 Å². The number of amides is 1. The predicted octanol–water partition coefficient (Wildman–Crippen LogP) is 3.20. The number of rotatable bonds is 7. The summed E-state index contributed by atoms with van der Waals surface area (Å²) in [6.45, 7) is 2.66. The molecule has 29 heavy (non-hydrogen) atoms. The first kappa shape index (κ1) is 20.8. The van der Waals surface area contributed by atoms with Crippen LogP contribution in [0.3, 0.4) is 0 Å². The molecule has 8 heteroatoms. The zero-order valence-corrected chi connectivity index (χ0v) is 16.8. The van der Waals surface area contributed by atoms with Gasteiger partial charge in [-0.05, 0) is 42.8 Å². The molecule has 1 aromatic heterocycles. The van der Waals surface area contributed by atoms with Gasteiger partial charge in [-0.1, -0.05) is 11.6 Å². The molecule has 0 bridgehead atoms. The monoisotopic (exact) mass is 416 g/mol. The van der Waals surface area contributed by atoms with Gasteiger partial charge in [0.1, 0.15) is 11.5 Å². The van der Waals surface area contributed by atoms with Crippen molar-refractivity contribution in [3.05, 3.63) is 64.4 Å². The van der Waals surface area contributed by atoms with E-state index in [0.717, 1.165) is 0 Å². The molecule has 0 saturated carbocycles. The number of methoxy groups -OCH3 is 1. The van der Waals surface area contributed by atoms with Crippen molar-refractivity contribution in [1.82, 2.24) is 9.88 Å². The van der Waals surface area contributed by atoms with Crippen molar-refractivity contribution < 1.29 is 24.2 Å². The third kappa shape index (κ3) is 4.11. The second-order valence-electron chi connectivity index (χ2n) is 6.34. The van der Waals surface area contributed by atoms with Crippen LogP contribution in [0.5, 0.6) is 5.75 Å². The van der Waals surface area contributed by atoms with Crippen LogP contribution in [-0.2, 0) is 14.3 Å². The van der Waals surface area contributed by atoms with Gasteiger partial charge >= 0.3 is 0 Å². The summed E-state index contributed by atoms with van der Waals surface area (Å²) in [7, 11) is 1.51. The van der Waals surface area contributed by atoms with Crippen LogP contribution < -0.4 is 4.74 Å². The van der Waals surface area contributed by atoms with Crippen molar-refractivity contribution in [2.75, 3.05) is 26.9 Å². The summed E-state index contributed by atoms with van der Waals surface area (Å²) < 4.78 is 10.6. The summed E-state index contributed by atoms with van der Waals surface area (Å²) in [6.07, 6.45) is 3.14. The van der Waals surface area contributed by atoms with E-state index in [1.807, 2.05) is 6.92 Å². The first-order valence-corrected chi connectivity index (χ1v) is 9.47. The van der Waals surface area contributed by atoms with E-state index in [1.165, 1.54) is 12.0 Å². The van der Waals surface area contributed by atoms with E-state index in [9.17, 15) is 14.7 Å². The number of aromatic nitrogens is 1. The lowest BCUT2D eigenvalue weighted by Crippen LogP contribution is -2.32. The molecule has 3 rings (SSSR count). The molecule has 1 N–H and O–H groups in total. The van der Waals surface area contributed by atoms with Crippen molar-refractivity contribution >= 4 is 29.1 Å². The Labute approximate surface area is 173 Å². The van der Waals surface area contributed by atoms with Crippen LogP contribution in [0.1, 0.15) is 24.1 Å². The minimum absolute atomic E-state index is 0.00192. The number of carbonyl (C=O) groups is 2. The van der Waals surface area contributed by atoms with Gasteiger partial charge in [-0.15, -0.1) is 0 Å². The molecule has 0 aliphatic carbocycles. The number of likely N-dealkylation sites (tertiary alicyclic amines) is 1. The number of ketones is 1. The van der Waals surface area contributed by atoms with Crippen LogP contribution in [0, 0.1) is 0 Å². The highest BCUT2D eigenvalue weighted by Gasteiger charge is 2.45. The molecule has 1 saturated heterocycles. The van der Waals surface area contributed by atoms with Gasteiger partial charge in [0.2, 0.25) is 0 Å². The lowest BCUT2D eigenvalue weighted by Gasteiger charge is -2.24. The number of ether oxygens (including phenoxy) is 2. The van der Waals surface area contributed by atoms with Gasteiger partial charge in [0, 0.05) is 31.6 Å². The zero-order valence-electron chi connectivity index (χ0n) is 16.1. The van der Waals surface area contributed by atoms with Crippen molar-refractivity contribution in [1.29, 1.82) is 0 Å². The first-order valence-electron chi connectivity index (χ1n) is 9.09. The maximum absolute atomic E-state index is 12.8. The summed E-state index contributed by atoms with van der Waals surface area (Å²) in [5.74, 6) is -1.35. The van der Waals surface area contributed by atoms with Gasteiger partial charge in [0.05, 0.1) is 29.9 Å². The summed E-state index contributed by atoms with van der Waals surface area (Å²) in [5.41, 5.74) is 1.000. The molecular weight excluding hydrogens is 396 g/mol. The van der Waals surface area contributed by atoms with Crippen molar-refractivity contribution in [2.24, 2.45) is 0 Å². The van der Waals surface area contributed by atoms with Gasteiger partial charge in [0.15, 0.2) is 0 Å². The zero-order chi connectivity index (χ0) is 21.0. The van der Waals surface area contributed by atoms with E-state index in [4.69, 9.17) is 21.1 Å². The van der Waals surface area contributed by atoms with Crippen LogP contribution in [0.2, 0.25) is 5.02 Å². The second-order valence-corrected chi connectivity index (χ2v) is 6.75. The normalized spacial score (nSPS) is 18.3. The SMILES string of the molecule is CCOc1cc(/C(O)=C2/C(=O)C(=O)N(CCOC)C2c2ccncc2)ccc1Cl. The number of Topliss-reactive ketones (excluding diaryl/α,β-unsaturated/α-hetero) is 1. The van der Waals surface area contributed by atoms with Gasteiger partial charge in [-0.2, -0.15) is 0 Å². The van der Waals surface area contributed by atoms with Gasteiger partial charge in [-0.3, -0.25) is 14.6 Å². The summed E-state index contributed by atoms with van der Waals surface area (Å²) in [5, 5.41) is 11.4. The van der Waals surface area contributed by atoms with Gasteiger partial charge in [-0.25, -0.2) is 0 Å². The predicted molar refractivity (Wildman–Crippen MR) is 108 cm³/mol. The highest BCUT2D eigenvalue weighted by molar-refractivity contribution is 6.46. The number of hydrogen-bond acceptors (Lipinski definition) is 6. The van der Waals surface area contributed by atoms with Crippen molar-refractivity contribution in [2.45, 2.75) is 13.0 Å². The maximum Gasteiger partial charge on any atom is 0.295 e. The van der Waals surface area contributed by atoms with E-state index in [-0.39, 0.29) is 24.5 Å². The Balaban J connectivity index is 2.14. The molecule has 1 unspecified atom stereocenters. The minimum atomic E-state index is -0.756. The Morgan fingerprint density at radius 2 is 1.97 bits per heavy atom. The molecular formula is C21H21ClN2O5. The second kappa shape index (κ2) is 9.07. The summed E-state index contributed by atoms with van der Waals surface area (Å²) in [6, 6.07) is 7.36. The molecule has 1 aliphatic heterocycles. The number of nitrogens with zero attached hydrogens (tertiary/aromatic N) is 2. The number of hydrogen-bond donors (Lipinski definition) is 1. The number of aliphatic hydroxyl groups excluding tert-OH is 1. The van der Waals surface area contributed by atoms with Crippen LogP contribution in [0.15, 0.2) is 48.3 Å². The molecule has 2 aromatic rings. The first-order chi connectivity index (χ1) is 14.0. The number of carbonyl (C=O) groups excluding carboxylic acids is 2. The highest BCUT2D eigenvalue weighted by Crippen LogP contribution is 2.40. The highest BCUT2D eigenvalue weighted by atomic mass is 35.5.